The van der Waals surface area contributed by atoms with Crippen LogP contribution in [0, 0.1) is 11.8 Å². The lowest BCUT2D eigenvalue weighted by Gasteiger charge is -2.15. The van der Waals surface area contributed by atoms with Crippen molar-refractivity contribution in [1.82, 2.24) is 10.3 Å². The zero-order chi connectivity index (χ0) is 14.4. The van der Waals surface area contributed by atoms with Crippen LogP contribution >= 0.6 is 11.6 Å². The van der Waals surface area contributed by atoms with E-state index < -0.39 is 17.8 Å². The van der Waals surface area contributed by atoms with E-state index in [-0.39, 0.29) is 18.2 Å². The standard InChI is InChI=1S/C13H17ClN2O3/c1-8(2)5-9(13(18)19)6-16-12(17)11-4-3-10(14)7-15-11/h3-4,7-9H,5-6H2,1-2H3,(H,16,17)(H,18,19). The average Bonchev–Trinajstić information content (AvgIpc) is 2.34. The predicted octanol–water partition coefficient (Wildman–Crippen LogP) is 2.21. The third-order valence-corrected chi connectivity index (χ3v) is 2.80. The largest absolute Gasteiger partial charge is 0.481 e. The van der Waals surface area contributed by atoms with Crippen LogP contribution in [-0.4, -0.2) is 28.5 Å². The zero-order valence-corrected chi connectivity index (χ0v) is 11.6. The summed E-state index contributed by atoms with van der Waals surface area (Å²) >= 11 is 5.67. The number of aliphatic carboxylic acids is 1. The fourth-order valence-corrected chi connectivity index (χ4v) is 1.77. The number of carboxylic acids is 1. The third kappa shape index (κ3) is 5.26. The summed E-state index contributed by atoms with van der Waals surface area (Å²) < 4.78 is 0. The van der Waals surface area contributed by atoms with E-state index >= 15 is 0 Å². The minimum Gasteiger partial charge on any atom is -0.481 e. The van der Waals surface area contributed by atoms with E-state index in [1.54, 1.807) is 6.07 Å². The second-order valence-corrected chi connectivity index (χ2v) is 5.17. The van der Waals surface area contributed by atoms with Crippen molar-refractivity contribution in [3.05, 3.63) is 29.0 Å². The maximum atomic E-state index is 11.8. The fourth-order valence-electron chi connectivity index (χ4n) is 1.66. The molecule has 1 aromatic rings. The molecule has 1 unspecified atom stereocenters. The molecule has 0 bridgehead atoms. The number of carbonyl (C=O) groups excluding carboxylic acids is 1. The summed E-state index contributed by atoms with van der Waals surface area (Å²) in [5.74, 6) is -1.63. The van der Waals surface area contributed by atoms with Gasteiger partial charge in [-0.3, -0.25) is 9.59 Å². The van der Waals surface area contributed by atoms with Gasteiger partial charge < -0.3 is 10.4 Å². The van der Waals surface area contributed by atoms with Crippen LogP contribution < -0.4 is 5.32 Å². The summed E-state index contributed by atoms with van der Waals surface area (Å²) in [4.78, 5) is 26.7. The number of amides is 1. The maximum absolute atomic E-state index is 11.8. The number of aromatic nitrogens is 1. The Labute approximate surface area is 117 Å². The number of rotatable bonds is 6. The summed E-state index contributed by atoms with van der Waals surface area (Å²) in [7, 11) is 0. The molecule has 1 atom stereocenters. The van der Waals surface area contributed by atoms with E-state index in [9.17, 15) is 9.59 Å². The molecular weight excluding hydrogens is 268 g/mol. The fraction of sp³-hybridized carbons (Fsp3) is 0.462. The van der Waals surface area contributed by atoms with E-state index in [1.165, 1.54) is 12.3 Å². The van der Waals surface area contributed by atoms with Crippen LogP contribution in [0.2, 0.25) is 5.02 Å². The van der Waals surface area contributed by atoms with Gasteiger partial charge in [-0.05, 0) is 24.5 Å². The van der Waals surface area contributed by atoms with Crippen LogP contribution in [0.25, 0.3) is 0 Å². The minimum absolute atomic E-state index is 0.0939. The van der Waals surface area contributed by atoms with Crippen molar-refractivity contribution in [1.29, 1.82) is 0 Å². The first-order chi connectivity index (χ1) is 8.90. The Morgan fingerprint density at radius 1 is 1.42 bits per heavy atom. The van der Waals surface area contributed by atoms with Gasteiger partial charge in [0.1, 0.15) is 5.69 Å². The molecule has 0 fully saturated rings. The van der Waals surface area contributed by atoms with Crippen LogP contribution in [0.1, 0.15) is 30.8 Å². The van der Waals surface area contributed by atoms with Gasteiger partial charge in [-0.15, -0.1) is 0 Å². The molecule has 0 saturated carbocycles. The lowest BCUT2D eigenvalue weighted by molar-refractivity contribution is -0.142. The van der Waals surface area contributed by atoms with Crippen molar-refractivity contribution in [3.8, 4) is 0 Å². The van der Waals surface area contributed by atoms with Crippen molar-refractivity contribution < 1.29 is 14.7 Å². The molecule has 1 aromatic heterocycles. The van der Waals surface area contributed by atoms with Gasteiger partial charge in [0.25, 0.3) is 5.91 Å². The molecule has 5 nitrogen and oxygen atoms in total. The van der Waals surface area contributed by atoms with Crippen molar-refractivity contribution in [2.24, 2.45) is 11.8 Å². The molecule has 1 amide bonds. The Morgan fingerprint density at radius 3 is 2.58 bits per heavy atom. The number of hydrogen-bond acceptors (Lipinski definition) is 3. The molecule has 0 aliphatic rings. The number of nitrogens with one attached hydrogen (secondary N) is 1. The molecule has 19 heavy (non-hydrogen) atoms. The Balaban J connectivity index is 2.56. The van der Waals surface area contributed by atoms with Crippen molar-refractivity contribution in [2.75, 3.05) is 6.54 Å². The van der Waals surface area contributed by atoms with E-state index in [1.807, 2.05) is 13.8 Å². The number of pyridine rings is 1. The molecule has 0 aliphatic heterocycles. The van der Waals surface area contributed by atoms with Gasteiger partial charge >= 0.3 is 5.97 Å². The van der Waals surface area contributed by atoms with Crippen molar-refractivity contribution in [2.45, 2.75) is 20.3 Å². The number of carboxylic acid groups (broad SMARTS) is 1. The quantitative estimate of drug-likeness (QED) is 0.839. The molecule has 2 N–H and O–H groups in total. The van der Waals surface area contributed by atoms with E-state index in [0.717, 1.165) is 0 Å². The Morgan fingerprint density at radius 2 is 2.11 bits per heavy atom. The molecule has 104 valence electrons. The maximum Gasteiger partial charge on any atom is 0.308 e. The van der Waals surface area contributed by atoms with Gasteiger partial charge in [0.05, 0.1) is 10.9 Å². The predicted molar refractivity (Wildman–Crippen MR) is 72.2 cm³/mol. The first-order valence-electron chi connectivity index (χ1n) is 6.02. The Bertz CT molecular complexity index is 446. The Kier molecular flexibility index (Phi) is 5.76. The minimum atomic E-state index is -0.905. The topological polar surface area (TPSA) is 79.3 Å². The van der Waals surface area contributed by atoms with E-state index in [0.29, 0.717) is 11.4 Å². The second-order valence-electron chi connectivity index (χ2n) is 4.74. The highest BCUT2D eigenvalue weighted by molar-refractivity contribution is 6.30. The SMILES string of the molecule is CC(C)CC(CNC(=O)c1ccc(Cl)cn1)C(=O)O. The van der Waals surface area contributed by atoms with Crippen LogP contribution in [-0.2, 0) is 4.79 Å². The molecule has 6 heteroatoms. The molecule has 1 rings (SSSR count). The van der Waals surface area contributed by atoms with Crippen LogP contribution in [0.15, 0.2) is 18.3 Å². The number of carbonyl (C=O) groups is 2. The van der Waals surface area contributed by atoms with Crippen molar-refractivity contribution >= 4 is 23.5 Å². The Hall–Kier alpha value is -1.62. The van der Waals surface area contributed by atoms with Gasteiger partial charge in [-0.2, -0.15) is 0 Å². The lowest BCUT2D eigenvalue weighted by atomic mass is 9.97. The molecule has 0 radical (unpaired) electrons. The number of halogens is 1. The van der Waals surface area contributed by atoms with E-state index in [4.69, 9.17) is 16.7 Å². The summed E-state index contributed by atoms with van der Waals surface area (Å²) in [6, 6.07) is 3.06. The highest BCUT2D eigenvalue weighted by Gasteiger charge is 2.20. The van der Waals surface area contributed by atoms with Gasteiger partial charge in [0.15, 0.2) is 0 Å². The second kappa shape index (κ2) is 7.09. The van der Waals surface area contributed by atoms with E-state index in [2.05, 4.69) is 10.3 Å². The molecule has 0 aliphatic carbocycles. The average molecular weight is 285 g/mol. The van der Waals surface area contributed by atoms with Crippen LogP contribution in [0.3, 0.4) is 0 Å². The molecule has 0 spiro atoms. The van der Waals surface area contributed by atoms with Gasteiger partial charge in [-0.25, -0.2) is 4.98 Å². The van der Waals surface area contributed by atoms with Gasteiger partial charge in [0, 0.05) is 12.7 Å². The highest BCUT2D eigenvalue weighted by Crippen LogP contribution is 2.11. The normalized spacial score (nSPS) is 12.2. The summed E-state index contributed by atoms with van der Waals surface area (Å²) in [5.41, 5.74) is 0.220. The third-order valence-electron chi connectivity index (χ3n) is 2.57. The molecule has 0 saturated heterocycles. The summed E-state index contributed by atoms with van der Waals surface area (Å²) in [5, 5.41) is 12.1. The number of hydrogen-bond donors (Lipinski definition) is 2. The first-order valence-corrected chi connectivity index (χ1v) is 6.40. The smallest absolute Gasteiger partial charge is 0.308 e. The van der Waals surface area contributed by atoms with Crippen molar-refractivity contribution in [3.63, 3.8) is 0 Å². The molecule has 1 heterocycles. The monoisotopic (exact) mass is 284 g/mol. The summed E-state index contributed by atoms with van der Waals surface area (Å²) in [6.07, 6.45) is 1.89. The number of nitrogens with zero attached hydrogens (tertiary/aromatic N) is 1. The zero-order valence-electron chi connectivity index (χ0n) is 10.9. The van der Waals surface area contributed by atoms with Crippen LogP contribution in [0.4, 0.5) is 0 Å². The first kappa shape index (κ1) is 15.4. The highest BCUT2D eigenvalue weighted by atomic mass is 35.5. The van der Waals surface area contributed by atoms with Gasteiger partial charge in [-0.1, -0.05) is 25.4 Å². The van der Waals surface area contributed by atoms with Crippen LogP contribution in [0.5, 0.6) is 0 Å². The summed E-state index contributed by atoms with van der Waals surface area (Å²) in [6.45, 7) is 3.98. The molecular formula is C13H17ClN2O3. The molecule has 0 aromatic carbocycles. The van der Waals surface area contributed by atoms with Gasteiger partial charge in [0.2, 0.25) is 0 Å². The lowest BCUT2D eigenvalue weighted by Crippen LogP contribution is -2.34.